The number of rotatable bonds is 1. The molecule has 0 radical (unpaired) electrons. The van der Waals surface area contributed by atoms with Crippen molar-refractivity contribution in [3.05, 3.63) is 28.5 Å². The van der Waals surface area contributed by atoms with Gasteiger partial charge in [-0.3, -0.25) is 0 Å². The fourth-order valence-corrected chi connectivity index (χ4v) is 2.94. The normalized spacial score (nSPS) is 14.6. The zero-order valence-corrected chi connectivity index (χ0v) is 13.5. The van der Waals surface area contributed by atoms with Gasteiger partial charge in [0.2, 0.25) is 0 Å². The highest BCUT2D eigenvalue weighted by molar-refractivity contribution is 9.10. The second-order valence-corrected chi connectivity index (χ2v) is 8.01. The van der Waals surface area contributed by atoms with Crippen molar-refractivity contribution in [2.45, 2.75) is 31.3 Å². The van der Waals surface area contributed by atoms with Crippen LogP contribution in [-0.4, -0.2) is 22.2 Å². The van der Waals surface area contributed by atoms with Gasteiger partial charge in [-0.1, -0.05) is 6.07 Å². The highest BCUT2D eigenvalue weighted by atomic mass is 79.9. The molecule has 0 saturated carbocycles. The molecule has 7 heteroatoms. The number of nitrogens with zero attached hydrogens (tertiary/aromatic N) is 1. The second kappa shape index (κ2) is 5.58. The van der Waals surface area contributed by atoms with Crippen molar-refractivity contribution >= 4 is 31.8 Å². The van der Waals surface area contributed by atoms with Crippen LogP contribution in [0, 0.1) is 5.82 Å². The fraction of sp³-hybridized carbons (Fsp3) is 0.417. The van der Waals surface area contributed by atoms with Crippen molar-refractivity contribution in [3.8, 4) is 0 Å². The lowest BCUT2D eigenvalue weighted by atomic mass is 10.2. The molecule has 0 N–H and O–H groups in total. The number of ether oxygens (including phenoxy) is 1. The lowest BCUT2D eigenvalue weighted by Gasteiger charge is -2.17. The summed E-state index contributed by atoms with van der Waals surface area (Å²) >= 11 is 3.00. The average molecular weight is 352 g/mol. The molecule has 0 spiro atoms. The molecule has 1 rings (SSSR count). The molecule has 0 unspecified atom stereocenters. The van der Waals surface area contributed by atoms with Gasteiger partial charge in [0.15, 0.2) is 5.82 Å². The molecule has 0 fully saturated rings. The van der Waals surface area contributed by atoms with E-state index in [1.165, 1.54) is 24.5 Å². The maximum atomic E-state index is 13.8. The van der Waals surface area contributed by atoms with E-state index in [2.05, 4.69) is 20.3 Å². The van der Waals surface area contributed by atoms with Gasteiger partial charge in [0, 0.05) is 6.26 Å². The minimum absolute atomic E-state index is 0.132. The molecule has 4 nitrogen and oxygen atoms in total. The van der Waals surface area contributed by atoms with Crippen molar-refractivity contribution in [3.63, 3.8) is 0 Å². The first-order valence-electron chi connectivity index (χ1n) is 5.42. The SMILES string of the molecule is CC(C)(C)OC(=O)N=[S@](C)(=O)c1cccc(Br)c1F. The van der Waals surface area contributed by atoms with Gasteiger partial charge >= 0.3 is 6.09 Å². The van der Waals surface area contributed by atoms with Gasteiger partial charge in [-0.25, -0.2) is 13.4 Å². The largest absolute Gasteiger partial charge is 0.442 e. The quantitative estimate of drug-likeness (QED) is 0.768. The van der Waals surface area contributed by atoms with E-state index < -0.39 is 27.2 Å². The first kappa shape index (κ1) is 16.1. The highest BCUT2D eigenvalue weighted by Crippen LogP contribution is 2.24. The maximum absolute atomic E-state index is 13.8. The minimum Gasteiger partial charge on any atom is -0.442 e. The topological polar surface area (TPSA) is 55.7 Å². The molecule has 19 heavy (non-hydrogen) atoms. The van der Waals surface area contributed by atoms with Crippen molar-refractivity contribution in [1.82, 2.24) is 0 Å². The molecule has 0 aromatic heterocycles. The van der Waals surface area contributed by atoms with Crippen LogP contribution in [0.5, 0.6) is 0 Å². The fourth-order valence-electron chi connectivity index (χ4n) is 1.25. The Morgan fingerprint density at radius 3 is 2.53 bits per heavy atom. The van der Waals surface area contributed by atoms with Crippen LogP contribution in [-0.2, 0) is 14.5 Å². The smallest absolute Gasteiger partial charge is 0.442 e. The first-order chi connectivity index (χ1) is 8.53. The van der Waals surface area contributed by atoms with Crippen LogP contribution in [0.25, 0.3) is 0 Å². The van der Waals surface area contributed by atoms with E-state index in [-0.39, 0.29) is 9.37 Å². The van der Waals surface area contributed by atoms with E-state index >= 15 is 0 Å². The third kappa shape index (κ3) is 4.58. The molecule has 0 aliphatic rings. The molecule has 1 aromatic rings. The Morgan fingerprint density at radius 1 is 1.42 bits per heavy atom. The molecule has 0 aliphatic carbocycles. The number of halogens is 2. The number of carbonyl (C=O) groups excluding carboxylic acids is 1. The Kier molecular flexibility index (Phi) is 4.73. The predicted molar refractivity (Wildman–Crippen MR) is 75.1 cm³/mol. The third-order valence-corrected chi connectivity index (χ3v) is 4.21. The van der Waals surface area contributed by atoms with Crippen LogP contribution < -0.4 is 0 Å². The zero-order chi connectivity index (χ0) is 14.8. The van der Waals surface area contributed by atoms with Crippen LogP contribution in [0.1, 0.15) is 20.8 Å². The Labute approximate surface area is 120 Å². The van der Waals surface area contributed by atoms with Gasteiger partial charge in [-0.2, -0.15) is 0 Å². The molecule has 0 saturated heterocycles. The average Bonchev–Trinajstić information content (AvgIpc) is 2.17. The van der Waals surface area contributed by atoms with E-state index in [9.17, 15) is 13.4 Å². The predicted octanol–water partition coefficient (Wildman–Crippen LogP) is 3.98. The Bertz CT molecular complexity index is 616. The van der Waals surface area contributed by atoms with Gasteiger partial charge in [0.05, 0.1) is 19.1 Å². The molecule has 0 heterocycles. The molecule has 1 amide bonds. The zero-order valence-electron chi connectivity index (χ0n) is 11.1. The van der Waals surface area contributed by atoms with Gasteiger partial charge in [-0.15, -0.1) is 4.36 Å². The summed E-state index contributed by atoms with van der Waals surface area (Å²) in [4.78, 5) is 11.4. The van der Waals surface area contributed by atoms with Crippen LogP contribution >= 0.6 is 15.9 Å². The van der Waals surface area contributed by atoms with E-state index in [1.807, 2.05) is 0 Å². The Morgan fingerprint density at radius 2 is 2.00 bits per heavy atom. The lowest BCUT2D eigenvalue weighted by Crippen LogP contribution is -2.22. The number of carbonyl (C=O) groups is 1. The molecular formula is C12H15BrFNO3S. The lowest BCUT2D eigenvalue weighted by molar-refractivity contribution is 0.0607. The minimum atomic E-state index is -3.19. The summed E-state index contributed by atoms with van der Waals surface area (Å²) in [7, 11) is -3.19. The van der Waals surface area contributed by atoms with E-state index in [4.69, 9.17) is 4.74 Å². The summed E-state index contributed by atoms with van der Waals surface area (Å²) in [5.41, 5.74) is -0.744. The monoisotopic (exact) mass is 351 g/mol. The van der Waals surface area contributed by atoms with Crippen molar-refractivity contribution in [2.24, 2.45) is 4.36 Å². The van der Waals surface area contributed by atoms with Crippen molar-refractivity contribution < 1.29 is 18.1 Å². The number of hydrogen-bond donors (Lipinski definition) is 0. The van der Waals surface area contributed by atoms with E-state index in [0.717, 1.165) is 0 Å². The Balaban J connectivity index is 3.21. The Hall–Kier alpha value is -0.950. The molecule has 1 aromatic carbocycles. The summed E-state index contributed by atoms with van der Waals surface area (Å²) in [6.07, 6.45) is 0.223. The molecule has 0 aliphatic heterocycles. The summed E-state index contributed by atoms with van der Waals surface area (Å²) < 4.78 is 34.8. The molecule has 106 valence electrons. The van der Waals surface area contributed by atoms with Crippen LogP contribution in [0.3, 0.4) is 0 Å². The summed E-state index contributed by atoms with van der Waals surface area (Å²) in [5.74, 6) is -0.692. The summed E-state index contributed by atoms with van der Waals surface area (Å²) in [6.45, 7) is 4.99. The summed E-state index contributed by atoms with van der Waals surface area (Å²) in [5, 5.41) is 0. The number of benzene rings is 1. The molecule has 1 atom stereocenters. The van der Waals surface area contributed by atoms with Crippen LogP contribution in [0.4, 0.5) is 9.18 Å². The first-order valence-corrected chi connectivity index (χ1v) is 8.14. The van der Waals surface area contributed by atoms with Crippen molar-refractivity contribution in [2.75, 3.05) is 6.26 Å². The number of amides is 1. The van der Waals surface area contributed by atoms with Gasteiger partial charge < -0.3 is 4.74 Å². The number of hydrogen-bond acceptors (Lipinski definition) is 3. The van der Waals surface area contributed by atoms with Crippen LogP contribution in [0.2, 0.25) is 0 Å². The third-order valence-electron chi connectivity index (χ3n) is 1.97. The van der Waals surface area contributed by atoms with Crippen molar-refractivity contribution in [1.29, 1.82) is 0 Å². The maximum Gasteiger partial charge on any atom is 0.442 e. The van der Waals surface area contributed by atoms with Crippen LogP contribution in [0.15, 0.2) is 31.9 Å². The summed E-state index contributed by atoms with van der Waals surface area (Å²) in [6, 6.07) is 4.33. The van der Waals surface area contributed by atoms with Gasteiger partial charge in [0.25, 0.3) is 0 Å². The van der Waals surface area contributed by atoms with E-state index in [1.54, 1.807) is 20.8 Å². The standard InChI is InChI=1S/C12H15BrFNO3S/c1-12(2,3)18-11(16)15-19(4,17)9-7-5-6-8(13)10(9)14/h5-7H,1-4H3/t19-/m1/s1. The van der Waals surface area contributed by atoms with Gasteiger partial charge in [-0.05, 0) is 48.8 Å². The highest BCUT2D eigenvalue weighted by Gasteiger charge is 2.20. The molecule has 0 bridgehead atoms. The second-order valence-electron chi connectivity index (χ2n) is 4.93. The molecular weight excluding hydrogens is 337 g/mol. The van der Waals surface area contributed by atoms with Gasteiger partial charge in [0.1, 0.15) is 5.60 Å². The van der Waals surface area contributed by atoms with E-state index in [0.29, 0.717) is 0 Å².